The molecule has 1 saturated heterocycles. The van der Waals surface area contributed by atoms with Crippen LogP contribution in [0.4, 0.5) is 0 Å². The van der Waals surface area contributed by atoms with Crippen molar-refractivity contribution in [2.45, 2.75) is 31.8 Å². The number of likely N-dealkylation sites (tertiary alicyclic amines) is 1. The summed E-state index contributed by atoms with van der Waals surface area (Å²) in [5.41, 5.74) is 2.38. The highest BCUT2D eigenvalue weighted by Crippen LogP contribution is 2.22. The van der Waals surface area contributed by atoms with E-state index in [0.29, 0.717) is 6.61 Å². The Morgan fingerprint density at radius 3 is 2.12 bits per heavy atom. The second-order valence-electron chi connectivity index (χ2n) is 7.52. The Balaban J connectivity index is 1.51. The molecule has 0 amide bonds. The fraction of sp³-hybridized carbons (Fsp3) is 0.455. The number of ether oxygens (including phenoxy) is 1. The molecule has 1 fully saturated rings. The smallest absolute Gasteiger partial charge is 0.137 e. The molecule has 0 radical (unpaired) electrons. The summed E-state index contributed by atoms with van der Waals surface area (Å²) in [4.78, 5) is 0. The summed E-state index contributed by atoms with van der Waals surface area (Å²) in [7, 11) is 2.27. The molecule has 1 aliphatic heterocycles. The molecule has 1 N–H and O–H groups in total. The van der Waals surface area contributed by atoms with E-state index in [2.05, 4.69) is 31.3 Å². The number of rotatable bonds is 6. The van der Waals surface area contributed by atoms with E-state index in [1.54, 1.807) is 0 Å². The Morgan fingerprint density at radius 2 is 1.48 bits per heavy atom. The van der Waals surface area contributed by atoms with Crippen molar-refractivity contribution in [3.8, 4) is 16.9 Å². The van der Waals surface area contributed by atoms with Crippen molar-refractivity contribution in [2.75, 3.05) is 33.3 Å². The molecular formula is C22H30NO2+. The van der Waals surface area contributed by atoms with Gasteiger partial charge in [0.25, 0.3) is 0 Å². The molecule has 3 nitrogen and oxygen atoms in total. The van der Waals surface area contributed by atoms with Crippen LogP contribution in [0.3, 0.4) is 0 Å². The van der Waals surface area contributed by atoms with Crippen molar-refractivity contribution in [1.29, 1.82) is 0 Å². The minimum absolute atomic E-state index is 0.360. The van der Waals surface area contributed by atoms with E-state index in [9.17, 15) is 5.11 Å². The number of likely N-dealkylation sites (N-methyl/N-ethyl adjacent to an activating group) is 1. The highest BCUT2D eigenvalue weighted by Gasteiger charge is 2.26. The van der Waals surface area contributed by atoms with Gasteiger partial charge in [-0.15, -0.1) is 0 Å². The lowest BCUT2D eigenvalue weighted by atomic mass is 10.1. The van der Waals surface area contributed by atoms with Crippen LogP contribution in [0.5, 0.6) is 5.75 Å². The van der Waals surface area contributed by atoms with Gasteiger partial charge in [0.05, 0.1) is 20.1 Å². The van der Waals surface area contributed by atoms with Crippen molar-refractivity contribution in [3.63, 3.8) is 0 Å². The van der Waals surface area contributed by atoms with Crippen molar-refractivity contribution in [2.24, 2.45) is 0 Å². The summed E-state index contributed by atoms with van der Waals surface area (Å²) in [5, 5.41) is 10.4. The highest BCUT2D eigenvalue weighted by atomic mass is 16.5. The van der Waals surface area contributed by atoms with Crippen LogP contribution in [-0.2, 0) is 0 Å². The quantitative estimate of drug-likeness (QED) is 0.802. The van der Waals surface area contributed by atoms with Gasteiger partial charge in [-0.05, 0) is 48.9 Å². The van der Waals surface area contributed by atoms with Gasteiger partial charge >= 0.3 is 0 Å². The summed E-state index contributed by atoms with van der Waals surface area (Å²) < 4.78 is 6.79. The minimum atomic E-state index is -0.420. The molecule has 0 saturated carbocycles. The van der Waals surface area contributed by atoms with Gasteiger partial charge in [0.15, 0.2) is 0 Å². The second-order valence-corrected chi connectivity index (χ2v) is 7.52. The zero-order valence-corrected chi connectivity index (χ0v) is 15.2. The maximum atomic E-state index is 10.4. The Bertz CT molecular complexity index is 631. The number of benzene rings is 2. The summed E-state index contributed by atoms with van der Waals surface area (Å²) in [5.74, 6) is 0.817. The number of hydrogen-bond acceptors (Lipinski definition) is 2. The molecular weight excluding hydrogens is 310 g/mol. The highest BCUT2D eigenvalue weighted by molar-refractivity contribution is 5.63. The third kappa shape index (κ3) is 5.32. The van der Waals surface area contributed by atoms with Crippen molar-refractivity contribution in [1.82, 2.24) is 0 Å². The average Bonchev–Trinajstić information content (AvgIpc) is 2.85. The Morgan fingerprint density at radius 1 is 0.880 bits per heavy atom. The van der Waals surface area contributed by atoms with E-state index < -0.39 is 6.10 Å². The van der Waals surface area contributed by atoms with Gasteiger partial charge in [-0.2, -0.15) is 0 Å². The van der Waals surface area contributed by atoms with Crippen LogP contribution in [0.1, 0.15) is 25.7 Å². The molecule has 0 bridgehead atoms. The molecule has 2 aromatic carbocycles. The van der Waals surface area contributed by atoms with Gasteiger partial charge in [0.2, 0.25) is 0 Å². The summed E-state index contributed by atoms with van der Waals surface area (Å²) in [6, 6.07) is 18.4. The molecule has 2 aromatic rings. The van der Waals surface area contributed by atoms with E-state index in [-0.39, 0.29) is 0 Å². The molecule has 0 aromatic heterocycles. The van der Waals surface area contributed by atoms with Crippen LogP contribution in [-0.4, -0.2) is 49.0 Å². The van der Waals surface area contributed by atoms with Crippen LogP contribution < -0.4 is 4.74 Å². The predicted octanol–water partition coefficient (Wildman–Crippen LogP) is 4.11. The summed E-state index contributed by atoms with van der Waals surface area (Å²) >= 11 is 0. The van der Waals surface area contributed by atoms with Gasteiger partial charge < -0.3 is 14.3 Å². The predicted molar refractivity (Wildman–Crippen MR) is 103 cm³/mol. The zero-order chi connectivity index (χ0) is 17.5. The number of nitrogens with zero attached hydrogens (tertiary/aromatic N) is 1. The van der Waals surface area contributed by atoms with Crippen LogP contribution in [0, 0.1) is 0 Å². The molecule has 3 rings (SSSR count). The van der Waals surface area contributed by atoms with Crippen molar-refractivity contribution >= 4 is 0 Å². The summed E-state index contributed by atoms with van der Waals surface area (Å²) in [6.45, 7) is 3.48. The van der Waals surface area contributed by atoms with Crippen LogP contribution in [0.15, 0.2) is 54.6 Å². The molecule has 134 valence electrons. The Hall–Kier alpha value is -1.84. The Kier molecular flexibility index (Phi) is 6.11. The lowest BCUT2D eigenvalue weighted by Crippen LogP contribution is -2.50. The summed E-state index contributed by atoms with van der Waals surface area (Å²) in [6.07, 6.45) is 4.77. The molecule has 1 atom stereocenters. The first-order valence-electron chi connectivity index (χ1n) is 9.45. The molecule has 0 aliphatic carbocycles. The maximum Gasteiger partial charge on any atom is 0.137 e. The second kappa shape index (κ2) is 8.50. The minimum Gasteiger partial charge on any atom is -0.491 e. The fourth-order valence-corrected chi connectivity index (χ4v) is 3.76. The normalized spacial score (nSPS) is 18.3. The topological polar surface area (TPSA) is 29.5 Å². The largest absolute Gasteiger partial charge is 0.491 e. The lowest BCUT2D eigenvalue weighted by molar-refractivity contribution is -0.911. The molecule has 1 aliphatic rings. The van der Waals surface area contributed by atoms with Crippen molar-refractivity contribution < 1.29 is 14.3 Å². The standard InChI is InChI=1S/C22H30NO2/c1-23(15-7-2-3-8-16-23)17-21(24)18-25-22-13-11-20(12-14-22)19-9-5-4-6-10-19/h4-6,9-14,21,24H,2-3,7-8,15-18H2,1H3/q+1/t21-/m1/s1. The first-order chi connectivity index (χ1) is 12.1. The van der Waals surface area contributed by atoms with Crippen LogP contribution in [0.25, 0.3) is 11.1 Å². The fourth-order valence-electron chi connectivity index (χ4n) is 3.76. The number of aliphatic hydroxyl groups excluding tert-OH is 1. The van der Waals surface area contributed by atoms with E-state index in [0.717, 1.165) is 16.8 Å². The third-order valence-corrected chi connectivity index (χ3v) is 5.20. The van der Waals surface area contributed by atoms with Crippen molar-refractivity contribution in [3.05, 3.63) is 54.6 Å². The molecule has 1 heterocycles. The molecule has 0 spiro atoms. The SMILES string of the molecule is C[N+]1(C[C@@H](O)COc2ccc(-c3ccccc3)cc2)CCCCCC1. The molecule has 0 unspecified atom stereocenters. The van der Waals surface area contributed by atoms with Gasteiger partial charge in [-0.25, -0.2) is 0 Å². The van der Waals surface area contributed by atoms with Gasteiger partial charge in [0.1, 0.15) is 25.0 Å². The van der Waals surface area contributed by atoms with Gasteiger partial charge in [-0.1, -0.05) is 42.5 Å². The Labute approximate surface area is 151 Å². The number of quaternary nitrogens is 1. The molecule has 3 heteroatoms. The van der Waals surface area contributed by atoms with Gasteiger partial charge in [0, 0.05) is 0 Å². The van der Waals surface area contributed by atoms with E-state index in [4.69, 9.17) is 4.74 Å². The molecule has 25 heavy (non-hydrogen) atoms. The maximum absolute atomic E-state index is 10.4. The first kappa shape index (κ1) is 18.0. The van der Waals surface area contributed by atoms with E-state index in [1.807, 2.05) is 30.3 Å². The van der Waals surface area contributed by atoms with Crippen LogP contribution >= 0.6 is 0 Å². The lowest BCUT2D eigenvalue weighted by Gasteiger charge is -2.35. The number of aliphatic hydroxyl groups is 1. The van der Waals surface area contributed by atoms with E-state index in [1.165, 1.54) is 49.9 Å². The van der Waals surface area contributed by atoms with E-state index >= 15 is 0 Å². The average molecular weight is 340 g/mol. The zero-order valence-electron chi connectivity index (χ0n) is 15.2. The first-order valence-corrected chi connectivity index (χ1v) is 9.45. The van der Waals surface area contributed by atoms with Crippen LogP contribution in [0.2, 0.25) is 0 Å². The monoisotopic (exact) mass is 340 g/mol. The third-order valence-electron chi connectivity index (χ3n) is 5.20. The van der Waals surface area contributed by atoms with Gasteiger partial charge in [-0.3, -0.25) is 0 Å². The number of hydrogen-bond donors (Lipinski definition) is 1.